The van der Waals surface area contributed by atoms with Crippen LogP contribution in [0.5, 0.6) is 5.75 Å². The molecule has 1 rings (SSSR count). The zero-order valence-electron chi connectivity index (χ0n) is 12.6. The highest BCUT2D eigenvalue weighted by Crippen LogP contribution is 2.33. The van der Waals surface area contributed by atoms with Gasteiger partial charge in [0.05, 0.1) is 45.7 Å². The first kappa shape index (κ1) is 21.6. The van der Waals surface area contributed by atoms with E-state index in [1.807, 2.05) is 6.07 Å². The van der Waals surface area contributed by atoms with Crippen molar-refractivity contribution in [3.8, 4) is 5.75 Å². The minimum atomic E-state index is -0.454. The lowest BCUT2D eigenvalue weighted by atomic mass is 10.2. The quantitative estimate of drug-likeness (QED) is 0.292. The average molecular weight is 661 g/mol. The number of nitrogens with two attached hydrogens (primary N) is 1. The third-order valence-corrected chi connectivity index (χ3v) is 5.33. The van der Waals surface area contributed by atoms with Crippen LogP contribution >= 0.6 is 67.8 Å². The summed E-state index contributed by atoms with van der Waals surface area (Å²) >= 11 is 6.37. The number of hydrogen-bond acceptors (Lipinski definition) is 5. The monoisotopic (exact) mass is 661 g/mol. The number of primary amides is 1. The lowest BCUT2D eigenvalue weighted by Crippen LogP contribution is -2.17. The van der Waals surface area contributed by atoms with Crippen molar-refractivity contribution in [3.63, 3.8) is 0 Å². The van der Waals surface area contributed by atoms with Crippen LogP contribution in [0.2, 0.25) is 0 Å². The maximum absolute atomic E-state index is 11.5. The fourth-order valence-corrected chi connectivity index (χ4v) is 5.81. The van der Waals surface area contributed by atoms with Gasteiger partial charge in [-0.2, -0.15) is 0 Å². The molecule has 6 nitrogen and oxygen atoms in total. The predicted molar refractivity (Wildman–Crippen MR) is 112 cm³/mol. The molecule has 2 N–H and O–H groups in total. The van der Waals surface area contributed by atoms with Crippen LogP contribution in [-0.2, 0) is 14.2 Å². The van der Waals surface area contributed by atoms with Gasteiger partial charge >= 0.3 is 0 Å². The Hall–Kier alpha value is 0.560. The fourth-order valence-electron chi connectivity index (χ4n) is 1.60. The van der Waals surface area contributed by atoms with Crippen LogP contribution in [-0.4, -0.2) is 52.7 Å². The van der Waals surface area contributed by atoms with Crippen LogP contribution in [0.25, 0.3) is 0 Å². The van der Waals surface area contributed by atoms with Gasteiger partial charge in [0.1, 0.15) is 12.4 Å². The minimum Gasteiger partial charge on any atom is -0.489 e. The van der Waals surface area contributed by atoms with Gasteiger partial charge in [0.2, 0.25) is 0 Å². The first-order chi connectivity index (χ1) is 11.0. The van der Waals surface area contributed by atoms with E-state index in [2.05, 4.69) is 67.8 Å². The summed E-state index contributed by atoms with van der Waals surface area (Å²) in [5.74, 6) is 0.213. The molecule has 0 aliphatic rings. The summed E-state index contributed by atoms with van der Waals surface area (Å²) in [6.07, 6.45) is 0. The van der Waals surface area contributed by atoms with E-state index in [4.69, 9.17) is 24.7 Å². The molecule has 1 amide bonds. The van der Waals surface area contributed by atoms with E-state index in [1.54, 1.807) is 7.11 Å². The SMILES string of the molecule is COCCOCCOCCOc1c(I)cc(I)c(C(N)=O)c1I. The molecule has 9 heteroatoms. The second-order valence-corrected chi connectivity index (χ2v) is 7.69. The van der Waals surface area contributed by atoms with Crippen LogP contribution in [0.3, 0.4) is 0 Å². The van der Waals surface area contributed by atoms with E-state index in [9.17, 15) is 4.79 Å². The summed E-state index contributed by atoms with van der Waals surface area (Å²) in [5, 5.41) is 0. The summed E-state index contributed by atoms with van der Waals surface area (Å²) in [6, 6.07) is 1.88. The second kappa shape index (κ2) is 12.0. The highest BCUT2D eigenvalue weighted by molar-refractivity contribution is 14.1. The molecule has 0 aromatic heterocycles. The summed E-state index contributed by atoms with van der Waals surface area (Å²) in [6.45, 7) is 3.00. The number of carbonyl (C=O) groups excluding carboxylic acids is 1. The second-order valence-electron chi connectivity index (χ2n) is 4.29. The highest BCUT2D eigenvalue weighted by Gasteiger charge is 2.18. The Balaban J connectivity index is 2.41. The van der Waals surface area contributed by atoms with Crippen LogP contribution in [0.4, 0.5) is 0 Å². The molecule has 0 aliphatic heterocycles. The van der Waals surface area contributed by atoms with Crippen molar-refractivity contribution in [2.45, 2.75) is 0 Å². The largest absolute Gasteiger partial charge is 0.489 e. The molecule has 0 radical (unpaired) electrons. The normalized spacial score (nSPS) is 10.8. The maximum Gasteiger partial charge on any atom is 0.250 e. The summed E-state index contributed by atoms with van der Waals surface area (Å²) < 4.78 is 23.8. The molecule has 0 aliphatic carbocycles. The Morgan fingerprint density at radius 3 is 2.13 bits per heavy atom. The van der Waals surface area contributed by atoms with Gasteiger partial charge in [-0.3, -0.25) is 4.79 Å². The standard InChI is InChI=1S/C14H18I3NO5/c1-20-2-3-21-4-5-22-6-7-23-13-10(16)8-9(15)11(12(13)17)14(18)19/h8H,2-7H2,1H3,(H2,18,19). The Morgan fingerprint density at radius 1 is 1.00 bits per heavy atom. The molecule has 0 spiro atoms. The first-order valence-corrected chi connectivity index (χ1v) is 9.97. The molecule has 1 aromatic carbocycles. The predicted octanol–water partition coefficient (Wildman–Crippen LogP) is 2.66. The van der Waals surface area contributed by atoms with Gasteiger partial charge in [-0.05, 0) is 73.8 Å². The fraction of sp³-hybridized carbons (Fsp3) is 0.500. The van der Waals surface area contributed by atoms with E-state index >= 15 is 0 Å². The van der Waals surface area contributed by atoms with Crippen LogP contribution < -0.4 is 10.5 Å². The van der Waals surface area contributed by atoms with Crippen molar-refractivity contribution >= 4 is 73.7 Å². The average Bonchev–Trinajstić information content (AvgIpc) is 2.47. The van der Waals surface area contributed by atoms with E-state index in [0.29, 0.717) is 51.0 Å². The lowest BCUT2D eigenvalue weighted by Gasteiger charge is -2.14. The van der Waals surface area contributed by atoms with E-state index < -0.39 is 5.91 Å². The Bertz CT molecular complexity index is 528. The van der Waals surface area contributed by atoms with Crippen molar-refractivity contribution in [2.24, 2.45) is 5.73 Å². The summed E-state index contributed by atoms with van der Waals surface area (Å²) in [7, 11) is 1.63. The lowest BCUT2D eigenvalue weighted by molar-refractivity contribution is 0.0178. The molecule has 0 saturated carbocycles. The topological polar surface area (TPSA) is 80.0 Å². The van der Waals surface area contributed by atoms with Crippen molar-refractivity contribution < 1.29 is 23.7 Å². The maximum atomic E-state index is 11.5. The van der Waals surface area contributed by atoms with Gasteiger partial charge < -0.3 is 24.7 Å². The number of hydrogen-bond donors (Lipinski definition) is 1. The zero-order valence-corrected chi connectivity index (χ0v) is 19.0. The van der Waals surface area contributed by atoms with Crippen molar-refractivity contribution in [1.82, 2.24) is 0 Å². The third-order valence-electron chi connectivity index (χ3n) is 2.65. The Labute approximate surface area is 176 Å². The molecule has 0 heterocycles. The van der Waals surface area contributed by atoms with Gasteiger partial charge in [-0.15, -0.1) is 0 Å². The third kappa shape index (κ3) is 7.54. The summed E-state index contributed by atoms with van der Waals surface area (Å²) in [5.41, 5.74) is 5.92. The zero-order chi connectivity index (χ0) is 17.2. The van der Waals surface area contributed by atoms with Gasteiger partial charge in [-0.1, -0.05) is 0 Å². The minimum absolute atomic E-state index is 0.392. The molecular weight excluding hydrogens is 643 g/mol. The molecule has 0 fully saturated rings. The Kier molecular flexibility index (Phi) is 11.3. The van der Waals surface area contributed by atoms with Crippen molar-refractivity contribution in [2.75, 3.05) is 46.8 Å². The molecule has 130 valence electrons. The van der Waals surface area contributed by atoms with Crippen molar-refractivity contribution in [1.29, 1.82) is 0 Å². The number of amides is 1. The molecule has 1 aromatic rings. The molecular formula is C14H18I3NO5. The van der Waals surface area contributed by atoms with Gasteiger partial charge in [-0.25, -0.2) is 0 Å². The number of carbonyl (C=O) groups is 1. The Morgan fingerprint density at radius 2 is 1.57 bits per heavy atom. The number of benzene rings is 1. The molecule has 0 unspecified atom stereocenters. The van der Waals surface area contributed by atoms with Crippen LogP contribution in [0.1, 0.15) is 10.4 Å². The van der Waals surface area contributed by atoms with Crippen molar-refractivity contribution in [3.05, 3.63) is 22.3 Å². The smallest absolute Gasteiger partial charge is 0.250 e. The van der Waals surface area contributed by atoms with Gasteiger partial charge in [0.25, 0.3) is 5.91 Å². The number of halogens is 3. The number of ether oxygens (including phenoxy) is 4. The molecule has 0 saturated heterocycles. The molecule has 0 bridgehead atoms. The number of rotatable bonds is 11. The summed E-state index contributed by atoms with van der Waals surface area (Å²) in [4.78, 5) is 11.5. The highest BCUT2D eigenvalue weighted by atomic mass is 127. The van der Waals surface area contributed by atoms with Crippen LogP contribution in [0, 0.1) is 10.7 Å². The van der Waals surface area contributed by atoms with E-state index in [0.717, 1.165) is 10.7 Å². The van der Waals surface area contributed by atoms with E-state index in [1.165, 1.54) is 0 Å². The number of methoxy groups -OCH3 is 1. The van der Waals surface area contributed by atoms with Gasteiger partial charge in [0.15, 0.2) is 0 Å². The van der Waals surface area contributed by atoms with Crippen LogP contribution in [0.15, 0.2) is 6.07 Å². The van der Waals surface area contributed by atoms with Gasteiger partial charge in [0, 0.05) is 10.7 Å². The first-order valence-electron chi connectivity index (χ1n) is 6.73. The van der Waals surface area contributed by atoms with E-state index in [-0.39, 0.29) is 0 Å². The molecule has 0 atom stereocenters. The molecule has 23 heavy (non-hydrogen) atoms.